The lowest BCUT2D eigenvalue weighted by molar-refractivity contribution is -0.137. The number of hydrogen-bond donors (Lipinski definition) is 0. The van der Waals surface area contributed by atoms with Gasteiger partial charge in [-0.25, -0.2) is 0 Å². The summed E-state index contributed by atoms with van der Waals surface area (Å²) in [6, 6.07) is 2.41. The highest BCUT2D eigenvalue weighted by Gasteiger charge is 2.32. The molecule has 1 fully saturated rings. The minimum absolute atomic E-state index is 0.0592. The quantitative estimate of drug-likeness (QED) is 0.837. The van der Waals surface area contributed by atoms with Crippen LogP contribution in [0.25, 0.3) is 0 Å². The Bertz CT molecular complexity index is 488. The smallest absolute Gasteiger partial charge is 0.383 e. The van der Waals surface area contributed by atoms with E-state index in [-0.39, 0.29) is 11.8 Å². The van der Waals surface area contributed by atoms with Crippen LogP contribution in [0, 0.1) is 5.92 Å². The predicted octanol–water partition coefficient (Wildman–Crippen LogP) is 2.14. The molecule has 116 valence electrons. The normalized spacial score (nSPS) is 19.3. The molecule has 2 rings (SSSR count). The molecule has 0 aliphatic carbocycles. The molecule has 1 aliphatic heterocycles. The number of ether oxygens (including phenoxy) is 1. The van der Waals surface area contributed by atoms with E-state index in [0.717, 1.165) is 12.3 Å². The van der Waals surface area contributed by atoms with Crippen molar-refractivity contribution < 1.29 is 22.7 Å². The number of carbonyl (C=O) groups excluding carboxylic acids is 1. The van der Waals surface area contributed by atoms with Crippen LogP contribution in [0.3, 0.4) is 0 Å². The number of pyridine rings is 1. The van der Waals surface area contributed by atoms with Crippen molar-refractivity contribution in [3.63, 3.8) is 0 Å². The summed E-state index contributed by atoms with van der Waals surface area (Å²) in [4.78, 5) is 17.3. The Balaban J connectivity index is 1.92. The average Bonchev–Trinajstić information content (AvgIpc) is 2.76. The SMILES string of the molecule is COCCN1C[C@@H](Cc2ccc(C(F)(F)F)cn2)CC1=O. The van der Waals surface area contributed by atoms with Gasteiger partial charge in [-0.2, -0.15) is 13.2 Å². The molecule has 1 atom stereocenters. The zero-order valence-corrected chi connectivity index (χ0v) is 11.7. The number of aromatic nitrogens is 1. The molecule has 0 spiro atoms. The van der Waals surface area contributed by atoms with Crippen molar-refractivity contribution in [2.24, 2.45) is 5.92 Å². The van der Waals surface area contributed by atoms with Gasteiger partial charge in [-0.05, 0) is 24.5 Å². The van der Waals surface area contributed by atoms with Gasteiger partial charge in [0.05, 0.1) is 12.2 Å². The molecule has 1 aliphatic rings. The largest absolute Gasteiger partial charge is 0.417 e. The van der Waals surface area contributed by atoms with Crippen LogP contribution in [0.1, 0.15) is 17.7 Å². The van der Waals surface area contributed by atoms with Crippen LogP contribution in [-0.4, -0.2) is 42.6 Å². The Morgan fingerprint density at radius 1 is 1.43 bits per heavy atom. The van der Waals surface area contributed by atoms with Gasteiger partial charge in [-0.3, -0.25) is 9.78 Å². The van der Waals surface area contributed by atoms with E-state index in [4.69, 9.17) is 4.74 Å². The van der Waals surface area contributed by atoms with Gasteiger partial charge in [0.2, 0.25) is 5.91 Å². The van der Waals surface area contributed by atoms with Gasteiger partial charge < -0.3 is 9.64 Å². The molecule has 1 saturated heterocycles. The minimum Gasteiger partial charge on any atom is -0.383 e. The number of alkyl halides is 3. The second-order valence-electron chi connectivity index (χ2n) is 5.14. The number of nitrogens with zero attached hydrogens (tertiary/aromatic N) is 2. The number of rotatable bonds is 5. The minimum atomic E-state index is -4.37. The van der Waals surface area contributed by atoms with Crippen molar-refractivity contribution in [3.8, 4) is 0 Å². The Labute approximate surface area is 120 Å². The standard InChI is InChI=1S/C14H17F3N2O2/c1-21-5-4-19-9-10(7-13(19)20)6-12-3-2-11(8-18-12)14(15,16)17/h2-3,8,10H,4-7,9H2,1H3/t10-/m0/s1. The molecule has 1 amide bonds. The van der Waals surface area contributed by atoms with Crippen LogP contribution in [0.2, 0.25) is 0 Å². The topological polar surface area (TPSA) is 42.4 Å². The van der Waals surface area contributed by atoms with Crippen molar-refractivity contribution in [2.45, 2.75) is 19.0 Å². The third-order valence-electron chi connectivity index (χ3n) is 3.51. The summed E-state index contributed by atoms with van der Waals surface area (Å²) in [6.45, 7) is 1.63. The van der Waals surface area contributed by atoms with Gasteiger partial charge in [0.15, 0.2) is 0 Å². The highest BCUT2D eigenvalue weighted by atomic mass is 19.4. The molecule has 0 unspecified atom stereocenters. The lowest BCUT2D eigenvalue weighted by atomic mass is 10.0. The van der Waals surface area contributed by atoms with Gasteiger partial charge in [-0.15, -0.1) is 0 Å². The third kappa shape index (κ3) is 4.17. The first-order valence-corrected chi connectivity index (χ1v) is 6.69. The van der Waals surface area contributed by atoms with E-state index in [9.17, 15) is 18.0 Å². The number of likely N-dealkylation sites (tertiary alicyclic amines) is 1. The van der Waals surface area contributed by atoms with E-state index in [1.807, 2.05) is 0 Å². The van der Waals surface area contributed by atoms with E-state index >= 15 is 0 Å². The summed E-state index contributed by atoms with van der Waals surface area (Å²) in [5.41, 5.74) is -0.176. The number of amides is 1. The summed E-state index contributed by atoms with van der Waals surface area (Å²) in [7, 11) is 1.57. The zero-order chi connectivity index (χ0) is 15.5. The third-order valence-corrected chi connectivity index (χ3v) is 3.51. The Hall–Kier alpha value is -1.63. The number of hydrogen-bond acceptors (Lipinski definition) is 3. The molecule has 0 bridgehead atoms. The van der Waals surface area contributed by atoms with Gasteiger partial charge in [0.25, 0.3) is 0 Å². The number of carbonyl (C=O) groups is 1. The lowest BCUT2D eigenvalue weighted by Gasteiger charge is -2.15. The molecule has 21 heavy (non-hydrogen) atoms. The summed E-state index contributed by atoms with van der Waals surface area (Å²) < 4.78 is 42.3. The number of halogens is 3. The van der Waals surface area contributed by atoms with Gasteiger partial charge in [0, 0.05) is 38.5 Å². The van der Waals surface area contributed by atoms with E-state index in [1.165, 1.54) is 6.07 Å². The van der Waals surface area contributed by atoms with Crippen molar-refractivity contribution in [2.75, 3.05) is 26.8 Å². The maximum absolute atomic E-state index is 12.4. The summed E-state index contributed by atoms with van der Waals surface area (Å²) >= 11 is 0. The fourth-order valence-corrected chi connectivity index (χ4v) is 2.42. The van der Waals surface area contributed by atoms with E-state index in [0.29, 0.717) is 38.2 Å². The van der Waals surface area contributed by atoms with Crippen molar-refractivity contribution in [1.29, 1.82) is 0 Å². The summed E-state index contributed by atoms with van der Waals surface area (Å²) in [5.74, 6) is 0.155. The molecule has 2 heterocycles. The Kier molecular flexibility index (Phi) is 4.82. The maximum Gasteiger partial charge on any atom is 0.417 e. The average molecular weight is 302 g/mol. The molecule has 0 saturated carbocycles. The van der Waals surface area contributed by atoms with E-state index in [1.54, 1.807) is 12.0 Å². The first kappa shape index (κ1) is 15.8. The van der Waals surface area contributed by atoms with Crippen LogP contribution in [0.4, 0.5) is 13.2 Å². The molecule has 4 nitrogen and oxygen atoms in total. The first-order valence-electron chi connectivity index (χ1n) is 6.69. The molecule has 0 radical (unpaired) electrons. The highest BCUT2D eigenvalue weighted by molar-refractivity contribution is 5.78. The fourth-order valence-electron chi connectivity index (χ4n) is 2.42. The molecule has 7 heteroatoms. The molecule has 0 aromatic carbocycles. The molecule has 0 N–H and O–H groups in total. The van der Waals surface area contributed by atoms with E-state index < -0.39 is 11.7 Å². The van der Waals surface area contributed by atoms with Gasteiger partial charge in [0.1, 0.15) is 0 Å². The molecular weight excluding hydrogens is 285 g/mol. The molecular formula is C14H17F3N2O2. The monoisotopic (exact) mass is 302 g/mol. The van der Waals surface area contributed by atoms with Crippen LogP contribution in [0.5, 0.6) is 0 Å². The van der Waals surface area contributed by atoms with Crippen LogP contribution in [0.15, 0.2) is 18.3 Å². The van der Waals surface area contributed by atoms with E-state index in [2.05, 4.69) is 4.98 Å². The second kappa shape index (κ2) is 6.43. The molecule has 1 aromatic heterocycles. The Morgan fingerprint density at radius 3 is 2.76 bits per heavy atom. The second-order valence-corrected chi connectivity index (χ2v) is 5.14. The fraction of sp³-hybridized carbons (Fsp3) is 0.571. The van der Waals surface area contributed by atoms with Gasteiger partial charge in [-0.1, -0.05) is 0 Å². The van der Waals surface area contributed by atoms with Crippen molar-refractivity contribution in [3.05, 3.63) is 29.6 Å². The predicted molar refractivity (Wildman–Crippen MR) is 69.5 cm³/mol. The highest BCUT2D eigenvalue weighted by Crippen LogP contribution is 2.29. The number of methoxy groups -OCH3 is 1. The first-order chi connectivity index (χ1) is 9.90. The maximum atomic E-state index is 12.4. The lowest BCUT2D eigenvalue weighted by Crippen LogP contribution is -2.28. The summed E-state index contributed by atoms with van der Waals surface area (Å²) in [5, 5.41) is 0. The van der Waals surface area contributed by atoms with Gasteiger partial charge >= 0.3 is 6.18 Å². The molecule has 1 aromatic rings. The van der Waals surface area contributed by atoms with Crippen LogP contribution in [-0.2, 0) is 22.1 Å². The van der Waals surface area contributed by atoms with Crippen molar-refractivity contribution >= 4 is 5.91 Å². The van der Waals surface area contributed by atoms with Crippen LogP contribution < -0.4 is 0 Å². The Morgan fingerprint density at radius 2 is 2.19 bits per heavy atom. The zero-order valence-electron chi connectivity index (χ0n) is 11.7. The van der Waals surface area contributed by atoms with Crippen molar-refractivity contribution in [1.82, 2.24) is 9.88 Å². The van der Waals surface area contributed by atoms with Crippen LogP contribution >= 0.6 is 0 Å². The summed E-state index contributed by atoms with van der Waals surface area (Å²) in [6.07, 6.45) is -2.61.